The van der Waals surface area contributed by atoms with Crippen molar-refractivity contribution in [3.63, 3.8) is 0 Å². The summed E-state index contributed by atoms with van der Waals surface area (Å²) in [6.45, 7) is 1.29. The lowest BCUT2D eigenvalue weighted by molar-refractivity contribution is -0.274. The van der Waals surface area contributed by atoms with Gasteiger partial charge in [-0.2, -0.15) is 4.55 Å². The largest absolute Gasteiger partial charge is 0.573 e. The molecule has 0 spiro atoms. The Morgan fingerprint density at radius 1 is 1.21 bits per heavy atom. The first-order chi connectivity index (χ1) is 19.9. The zero-order chi connectivity index (χ0) is 31.9. The van der Waals surface area contributed by atoms with E-state index in [0.717, 1.165) is 12.3 Å². The minimum Gasteiger partial charge on any atom is -0.405 e. The van der Waals surface area contributed by atoms with Gasteiger partial charge in [-0.15, -0.1) is 17.9 Å². The molecular formula is C25H28Cl2F3N4O7S2+. The van der Waals surface area contributed by atoms with Gasteiger partial charge < -0.3 is 9.72 Å². The van der Waals surface area contributed by atoms with Gasteiger partial charge >= 0.3 is 12.1 Å². The standard InChI is InChI=1S/C25H27Cl2F3N4O7S2/c1-3-43(39,40)20-7-6-15(26)9-14(20)11-34-23(35)17-10-19(41-25(28,29)30)18(21(27)22(17)31-24(34)36)13-33-8-4-5-16(12-33)32-42(2,37)38/h6-7,9-10,16H,3-5,8,11-13H2,1-2H3,(H2-,31,32,35,36,37,38)/p+1/t16-/m1/s1. The van der Waals surface area contributed by atoms with Gasteiger partial charge in [0.2, 0.25) is 0 Å². The number of ether oxygens (including phenoxy) is 1. The third-order valence-electron chi connectivity index (χ3n) is 6.84. The lowest BCUT2D eigenvalue weighted by Crippen LogP contribution is -2.48. The molecule has 1 aromatic heterocycles. The van der Waals surface area contributed by atoms with Crippen LogP contribution >= 0.6 is 23.2 Å². The van der Waals surface area contributed by atoms with Gasteiger partial charge in [-0.25, -0.2) is 13.2 Å². The number of sulfone groups is 1. The predicted molar refractivity (Wildman–Crippen MR) is 157 cm³/mol. The monoisotopic (exact) mass is 687 g/mol. The Labute approximate surface area is 255 Å². The van der Waals surface area contributed by atoms with Crippen molar-refractivity contribution in [2.45, 2.75) is 50.2 Å². The molecule has 1 aliphatic heterocycles. The number of nitrogens with one attached hydrogen (secondary N) is 2. The molecule has 3 aromatic rings. The van der Waals surface area contributed by atoms with E-state index in [1.165, 1.54) is 25.1 Å². The van der Waals surface area contributed by atoms with E-state index in [9.17, 15) is 39.9 Å². The third-order valence-corrected chi connectivity index (χ3v) is 10.1. The molecule has 3 N–H and O–H groups in total. The minimum absolute atomic E-state index is 0.0305. The highest BCUT2D eigenvalue weighted by atomic mass is 35.5. The first-order valence-electron chi connectivity index (χ1n) is 12.8. The molecule has 1 aliphatic rings. The minimum atomic E-state index is -5.16. The average molecular weight is 689 g/mol. The van der Waals surface area contributed by atoms with Crippen molar-refractivity contribution in [3.8, 4) is 5.75 Å². The molecule has 236 valence electrons. The van der Waals surface area contributed by atoms with Crippen molar-refractivity contribution >= 4 is 54.3 Å². The van der Waals surface area contributed by atoms with E-state index in [2.05, 4.69) is 14.4 Å². The van der Waals surface area contributed by atoms with Crippen LogP contribution in [0.3, 0.4) is 0 Å². The predicted octanol–water partition coefficient (Wildman–Crippen LogP) is 3.81. The Bertz CT molecular complexity index is 1820. The fraction of sp³-hybridized carbons (Fsp3) is 0.440. The molecule has 2 heterocycles. The number of aromatic amines is 1. The summed E-state index contributed by atoms with van der Waals surface area (Å²) in [6, 6.07) is 4.26. The average Bonchev–Trinajstić information content (AvgIpc) is 2.88. The van der Waals surface area contributed by atoms with Crippen molar-refractivity contribution in [2.75, 3.05) is 25.1 Å². The highest BCUT2D eigenvalue weighted by Crippen LogP contribution is 2.37. The number of aromatic nitrogens is 2. The number of hydrogen-bond donors (Lipinski definition) is 3. The van der Waals surface area contributed by atoms with Crippen LogP contribution in [0.25, 0.3) is 10.9 Å². The smallest absolute Gasteiger partial charge is 0.405 e. The molecule has 43 heavy (non-hydrogen) atoms. The second-order valence-electron chi connectivity index (χ2n) is 10.1. The van der Waals surface area contributed by atoms with E-state index in [0.29, 0.717) is 24.0 Å². The number of piperidine rings is 1. The lowest BCUT2D eigenvalue weighted by atomic mass is 10.0. The van der Waals surface area contributed by atoms with Gasteiger partial charge in [-0.05, 0) is 53.4 Å². The maximum atomic E-state index is 13.5. The van der Waals surface area contributed by atoms with Crippen molar-refractivity contribution in [2.24, 2.45) is 0 Å². The third kappa shape index (κ3) is 7.98. The second kappa shape index (κ2) is 12.5. The SMILES string of the molecule is CCS(=O)(=O)c1ccc(Cl)cc1Cn1c(=O)[nH]c2c(Cl)c(CN3CCC[C@@H](N[S+](C)(=O)O)C3)c(OC(F)(F)F)cc2c1=O. The molecule has 0 amide bonds. The molecule has 18 heteroatoms. The highest BCUT2D eigenvalue weighted by molar-refractivity contribution is 7.95. The number of nitrogens with zero attached hydrogens (tertiary/aromatic N) is 2. The highest BCUT2D eigenvalue weighted by Gasteiger charge is 2.35. The summed E-state index contributed by atoms with van der Waals surface area (Å²) in [7, 11) is -7.08. The maximum Gasteiger partial charge on any atom is 0.573 e. The quantitative estimate of drug-likeness (QED) is 0.288. The number of fused-ring (bicyclic) bond motifs is 1. The van der Waals surface area contributed by atoms with E-state index >= 15 is 0 Å². The van der Waals surface area contributed by atoms with Gasteiger partial charge in [0, 0.05) is 23.7 Å². The molecule has 11 nitrogen and oxygen atoms in total. The van der Waals surface area contributed by atoms with Gasteiger partial charge in [0.25, 0.3) is 16.0 Å². The van der Waals surface area contributed by atoms with Gasteiger partial charge in [0.15, 0.2) is 16.1 Å². The molecule has 1 saturated heterocycles. The maximum absolute atomic E-state index is 13.5. The topological polar surface area (TPSA) is 151 Å². The summed E-state index contributed by atoms with van der Waals surface area (Å²) in [6.07, 6.45) is -2.93. The molecule has 1 unspecified atom stereocenters. The molecule has 0 saturated carbocycles. The lowest BCUT2D eigenvalue weighted by Gasteiger charge is -2.32. The number of alkyl halides is 3. The van der Waals surface area contributed by atoms with E-state index in [1.807, 2.05) is 0 Å². The van der Waals surface area contributed by atoms with E-state index < -0.39 is 61.6 Å². The summed E-state index contributed by atoms with van der Waals surface area (Å²) < 4.78 is 94.6. The van der Waals surface area contributed by atoms with Crippen molar-refractivity contribution < 1.29 is 35.1 Å². The van der Waals surface area contributed by atoms with Crippen LogP contribution in [0.15, 0.2) is 38.8 Å². The Kier molecular flexibility index (Phi) is 9.71. The summed E-state index contributed by atoms with van der Waals surface area (Å²) in [5.74, 6) is -1.04. The molecule has 4 rings (SSSR count). The molecule has 2 aromatic carbocycles. The Balaban J connectivity index is 1.82. The summed E-state index contributed by atoms with van der Waals surface area (Å²) in [5, 5.41) is -0.621. The molecule has 0 bridgehead atoms. The summed E-state index contributed by atoms with van der Waals surface area (Å²) >= 11 is 12.6. The molecule has 1 fully saturated rings. The second-order valence-corrected chi connectivity index (χ2v) is 15.0. The molecule has 0 radical (unpaired) electrons. The van der Waals surface area contributed by atoms with Crippen LogP contribution in [0.2, 0.25) is 10.0 Å². The van der Waals surface area contributed by atoms with E-state index in [4.69, 9.17) is 23.2 Å². The zero-order valence-electron chi connectivity index (χ0n) is 22.8. The van der Waals surface area contributed by atoms with Crippen LogP contribution in [0.1, 0.15) is 30.9 Å². The van der Waals surface area contributed by atoms with Crippen LogP contribution in [0.4, 0.5) is 13.2 Å². The van der Waals surface area contributed by atoms with Crippen LogP contribution < -0.4 is 20.7 Å². The van der Waals surface area contributed by atoms with Crippen LogP contribution in [-0.4, -0.2) is 64.9 Å². The van der Waals surface area contributed by atoms with Crippen molar-refractivity contribution in [1.82, 2.24) is 19.2 Å². The summed E-state index contributed by atoms with van der Waals surface area (Å²) in [5.41, 5.74) is -2.39. The van der Waals surface area contributed by atoms with Crippen LogP contribution in [0, 0.1) is 0 Å². The van der Waals surface area contributed by atoms with Crippen LogP contribution in [0.5, 0.6) is 5.75 Å². The zero-order valence-corrected chi connectivity index (χ0v) is 26.0. The number of H-pyrrole nitrogens is 1. The van der Waals surface area contributed by atoms with E-state index in [1.54, 1.807) is 4.90 Å². The number of hydrogen-bond acceptors (Lipinski definition) is 7. The van der Waals surface area contributed by atoms with Gasteiger partial charge in [-0.1, -0.05) is 30.1 Å². The van der Waals surface area contributed by atoms with Gasteiger partial charge in [0.1, 0.15) is 5.75 Å². The first-order valence-corrected chi connectivity index (χ1v) is 17.2. The van der Waals surface area contributed by atoms with Crippen molar-refractivity contribution in [3.05, 3.63) is 66.3 Å². The Hall–Kier alpha value is -2.47. The van der Waals surface area contributed by atoms with Gasteiger partial charge in [-0.3, -0.25) is 14.3 Å². The molecular weight excluding hydrogens is 660 g/mol. The molecule has 2 atom stereocenters. The van der Waals surface area contributed by atoms with Crippen molar-refractivity contribution in [1.29, 1.82) is 0 Å². The number of halogens is 5. The fourth-order valence-electron chi connectivity index (χ4n) is 5.01. The number of benzene rings is 2. The van der Waals surface area contributed by atoms with E-state index in [-0.39, 0.29) is 50.4 Å². The summed E-state index contributed by atoms with van der Waals surface area (Å²) in [4.78, 5) is 30.6. The Morgan fingerprint density at radius 3 is 2.53 bits per heavy atom. The molecule has 0 aliphatic carbocycles. The fourth-order valence-corrected chi connectivity index (χ4v) is 7.42. The van der Waals surface area contributed by atoms with Gasteiger partial charge in [0.05, 0.1) is 39.2 Å². The van der Waals surface area contributed by atoms with Crippen LogP contribution in [-0.2, 0) is 37.5 Å². The Morgan fingerprint density at radius 2 is 1.91 bits per heavy atom. The number of likely N-dealkylation sites (tertiary alicyclic amines) is 1. The number of rotatable bonds is 9. The normalized spacial score (nSPS) is 18.1. The first kappa shape index (κ1) is 33.4.